The zero-order valence-electron chi connectivity index (χ0n) is 16.5. The summed E-state index contributed by atoms with van der Waals surface area (Å²) in [7, 11) is 0. The van der Waals surface area contributed by atoms with Gasteiger partial charge in [-0.25, -0.2) is 0 Å². The van der Waals surface area contributed by atoms with Crippen molar-refractivity contribution in [2.24, 2.45) is 0 Å². The van der Waals surface area contributed by atoms with E-state index >= 15 is 0 Å². The van der Waals surface area contributed by atoms with Gasteiger partial charge >= 0.3 is 0 Å². The Morgan fingerprint density at radius 1 is 1.11 bits per heavy atom. The number of piperidine rings is 1. The van der Waals surface area contributed by atoms with E-state index < -0.39 is 6.10 Å². The molecule has 0 N–H and O–H groups in total. The third kappa shape index (κ3) is 4.06. The van der Waals surface area contributed by atoms with Crippen LogP contribution in [0.4, 0.5) is 5.69 Å². The summed E-state index contributed by atoms with van der Waals surface area (Å²) in [6.07, 6.45) is 1.20. The van der Waals surface area contributed by atoms with Crippen LogP contribution in [-0.4, -0.2) is 85.8 Å². The predicted octanol–water partition coefficient (Wildman–Crippen LogP) is 1.13. The molecule has 0 radical (unpaired) electrons. The van der Waals surface area contributed by atoms with E-state index in [2.05, 4.69) is 4.90 Å². The summed E-state index contributed by atoms with van der Waals surface area (Å²) in [6.45, 7) is 7.11. The van der Waals surface area contributed by atoms with E-state index in [1.54, 1.807) is 0 Å². The Morgan fingerprint density at radius 3 is 2.46 bits per heavy atom. The lowest BCUT2D eigenvalue weighted by atomic mass is 9.88. The van der Waals surface area contributed by atoms with Crippen molar-refractivity contribution < 1.29 is 19.1 Å². The second kappa shape index (κ2) is 8.19. The molecule has 1 atom stereocenters. The number of hydrogen-bond donors (Lipinski definition) is 0. The Bertz CT molecular complexity index is 697. The molecule has 1 unspecified atom stereocenters. The van der Waals surface area contributed by atoms with Crippen molar-refractivity contribution in [2.45, 2.75) is 31.5 Å². The van der Waals surface area contributed by atoms with E-state index in [1.807, 2.05) is 47.1 Å². The van der Waals surface area contributed by atoms with Gasteiger partial charge in [0.15, 0.2) is 0 Å². The van der Waals surface area contributed by atoms with Crippen molar-refractivity contribution in [3.8, 4) is 0 Å². The molecule has 28 heavy (non-hydrogen) atoms. The van der Waals surface area contributed by atoms with Crippen LogP contribution in [0, 0.1) is 0 Å². The standard InChI is InChI=1S/C21H29N3O4/c1-17-20(26)24(18-5-3-2-4-6-18)16-21(28-17)7-9-22(10-8-21)15-19(25)23-11-13-27-14-12-23/h2-6,17H,7-16H2,1H3. The average molecular weight is 387 g/mol. The quantitative estimate of drug-likeness (QED) is 0.778. The minimum atomic E-state index is -0.449. The van der Waals surface area contributed by atoms with Gasteiger partial charge in [0.05, 0.1) is 31.9 Å². The largest absolute Gasteiger partial charge is 0.378 e. The summed E-state index contributed by atoms with van der Waals surface area (Å²) in [5.74, 6) is 0.194. The van der Waals surface area contributed by atoms with Gasteiger partial charge in [0, 0.05) is 31.9 Å². The minimum absolute atomic E-state index is 0.0155. The average Bonchev–Trinajstić information content (AvgIpc) is 2.74. The Hall–Kier alpha value is -1.96. The van der Waals surface area contributed by atoms with Crippen LogP contribution in [0.25, 0.3) is 0 Å². The fraction of sp³-hybridized carbons (Fsp3) is 0.619. The van der Waals surface area contributed by atoms with Gasteiger partial charge in [-0.15, -0.1) is 0 Å². The summed E-state index contributed by atoms with van der Waals surface area (Å²) in [6, 6.07) is 9.81. The Kier molecular flexibility index (Phi) is 5.66. The second-order valence-electron chi connectivity index (χ2n) is 7.97. The molecule has 0 aromatic heterocycles. The fourth-order valence-corrected chi connectivity index (χ4v) is 4.37. The first-order valence-corrected chi connectivity index (χ1v) is 10.2. The molecule has 1 aromatic carbocycles. The minimum Gasteiger partial charge on any atom is -0.378 e. The lowest BCUT2D eigenvalue weighted by Crippen LogP contribution is -2.62. The molecule has 0 saturated carbocycles. The number of amides is 2. The predicted molar refractivity (Wildman–Crippen MR) is 105 cm³/mol. The zero-order valence-corrected chi connectivity index (χ0v) is 16.5. The lowest BCUT2D eigenvalue weighted by molar-refractivity contribution is -0.162. The topological polar surface area (TPSA) is 62.3 Å². The summed E-state index contributed by atoms with van der Waals surface area (Å²) in [4.78, 5) is 31.1. The second-order valence-corrected chi connectivity index (χ2v) is 7.97. The number of carbonyl (C=O) groups excluding carboxylic acids is 2. The van der Waals surface area contributed by atoms with Crippen molar-refractivity contribution >= 4 is 17.5 Å². The van der Waals surface area contributed by atoms with Crippen LogP contribution in [0.15, 0.2) is 30.3 Å². The zero-order chi connectivity index (χ0) is 19.6. The van der Waals surface area contributed by atoms with Crippen LogP contribution in [-0.2, 0) is 19.1 Å². The molecule has 3 aliphatic rings. The van der Waals surface area contributed by atoms with E-state index in [1.165, 1.54) is 0 Å². The summed E-state index contributed by atoms with van der Waals surface area (Å²) >= 11 is 0. The number of carbonyl (C=O) groups is 2. The molecule has 3 fully saturated rings. The van der Waals surface area contributed by atoms with Crippen molar-refractivity contribution in [1.29, 1.82) is 0 Å². The van der Waals surface area contributed by atoms with Gasteiger partial charge in [-0.1, -0.05) is 18.2 Å². The maximum Gasteiger partial charge on any atom is 0.255 e. The highest BCUT2D eigenvalue weighted by atomic mass is 16.5. The molecule has 152 valence electrons. The summed E-state index contributed by atoms with van der Waals surface area (Å²) in [5.41, 5.74) is 0.591. The van der Waals surface area contributed by atoms with Crippen LogP contribution < -0.4 is 4.90 Å². The Morgan fingerprint density at radius 2 is 1.79 bits per heavy atom. The number of benzene rings is 1. The van der Waals surface area contributed by atoms with E-state index in [4.69, 9.17) is 9.47 Å². The van der Waals surface area contributed by atoms with Crippen LogP contribution in [0.2, 0.25) is 0 Å². The highest BCUT2D eigenvalue weighted by Crippen LogP contribution is 2.34. The first kappa shape index (κ1) is 19.4. The van der Waals surface area contributed by atoms with Gasteiger partial charge in [0.25, 0.3) is 5.91 Å². The maximum atomic E-state index is 12.7. The van der Waals surface area contributed by atoms with Gasteiger partial charge in [0.1, 0.15) is 6.10 Å². The third-order valence-electron chi connectivity index (χ3n) is 6.04. The van der Waals surface area contributed by atoms with Crippen molar-refractivity contribution in [3.05, 3.63) is 30.3 Å². The fourth-order valence-electron chi connectivity index (χ4n) is 4.37. The molecule has 7 nitrogen and oxygen atoms in total. The number of morpholine rings is 2. The van der Waals surface area contributed by atoms with Gasteiger partial charge in [-0.3, -0.25) is 14.5 Å². The molecule has 3 aliphatic heterocycles. The number of hydrogen-bond acceptors (Lipinski definition) is 5. The molecular formula is C21H29N3O4. The van der Waals surface area contributed by atoms with Crippen LogP contribution in [0.3, 0.4) is 0 Å². The van der Waals surface area contributed by atoms with Gasteiger partial charge in [0.2, 0.25) is 5.91 Å². The highest BCUT2D eigenvalue weighted by molar-refractivity contribution is 5.97. The molecule has 7 heteroatoms. The highest BCUT2D eigenvalue weighted by Gasteiger charge is 2.45. The molecule has 3 heterocycles. The first-order chi connectivity index (χ1) is 13.6. The molecule has 0 aliphatic carbocycles. The third-order valence-corrected chi connectivity index (χ3v) is 6.04. The molecule has 2 amide bonds. The summed E-state index contributed by atoms with van der Waals surface area (Å²) < 4.78 is 11.5. The molecule has 1 aromatic rings. The molecule has 3 saturated heterocycles. The smallest absolute Gasteiger partial charge is 0.255 e. The van der Waals surface area contributed by atoms with Crippen LogP contribution in [0.1, 0.15) is 19.8 Å². The molecule has 0 bridgehead atoms. The van der Waals surface area contributed by atoms with E-state index in [9.17, 15) is 9.59 Å². The molecule has 4 rings (SSSR count). The number of likely N-dealkylation sites (tertiary alicyclic amines) is 1. The maximum absolute atomic E-state index is 12.7. The van der Waals surface area contributed by atoms with E-state index in [0.717, 1.165) is 31.6 Å². The molecular weight excluding hydrogens is 358 g/mol. The molecule has 1 spiro atoms. The van der Waals surface area contributed by atoms with Crippen molar-refractivity contribution in [3.63, 3.8) is 0 Å². The normalized spacial score (nSPS) is 25.9. The van der Waals surface area contributed by atoms with Crippen molar-refractivity contribution in [1.82, 2.24) is 9.80 Å². The lowest BCUT2D eigenvalue weighted by Gasteiger charge is -2.49. The number of nitrogens with zero attached hydrogens (tertiary/aromatic N) is 3. The number of ether oxygens (including phenoxy) is 2. The van der Waals surface area contributed by atoms with Gasteiger partial charge < -0.3 is 19.3 Å². The number of anilines is 1. The SMILES string of the molecule is CC1OC2(CCN(CC(=O)N3CCOCC3)CC2)CN(c2ccccc2)C1=O. The van der Waals surface area contributed by atoms with E-state index in [0.29, 0.717) is 39.4 Å². The Balaban J connectivity index is 1.37. The van der Waals surface area contributed by atoms with Crippen LogP contribution >= 0.6 is 0 Å². The van der Waals surface area contributed by atoms with Gasteiger partial charge in [-0.2, -0.15) is 0 Å². The first-order valence-electron chi connectivity index (χ1n) is 10.2. The summed E-state index contributed by atoms with van der Waals surface area (Å²) in [5, 5.41) is 0. The Labute approximate surface area is 166 Å². The van der Waals surface area contributed by atoms with E-state index in [-0.39, 0.29) is 17.4 Å². The van der Waals surface area contributed by atoms with Crippen molar-refractivity contribution in [2.75, 3.05) is 57.4 Å². The van der Waals surface area contributed by atoms with Gasteiger partial charge in [-0.05, 0) is 31.9 Å². The number of rotatable bonds is 3. The monoisotopic (exact) mass is 387 g/mol. The number of para-hydroxylation sites is 1. The van der Waals surface area contributed by atoms with Crippen LogP contribution in [0.5, 0.6) is 0 Å².